The number of nitrogens with one attached hydrogen (secondary N) is 1. The van der Waals surface area contributed by atoms with Gasteiger partial charge in [0.25, 0.3) is 0 Å². The van der Waals surface area contributed by atoms with Gasteiger partial charge in [-0.05, 0) is 30.3 Å². The van der Waals surface area contributed by atoms with Crippen molar-refractivity contribution in [1.82, 2.24) is 10.2 Å². The molecular formula is C21H29N3O. The first-order valence-electron chi connectivity index (χ1n) is 8.85. The van der Waals surface area contributed by atoms with E-state index in [1.54, 1.807) is 0 Å². The number of hydrogen-bond donors (Lipinski definition) is 2. The molecule has 2 atom stereocenters. The van der Waals surface area contributed by atoms with Crippen molar-refractivity contribution in [3.05, 3.63) is 71.3 Å². The summed E-state index contributed by atoms with van der Waals surface area (Å²) in [5, 5.41) is 3.01. The fourth-order valence-corrected chi connectivity index (χ4v) is 2.74. The lowest BCUT2D eigenvalue weighted by molar-refractivity contribution is -0.125. The van der Waals surface area contributed by atoms with E-state index in [2.05, 4.69) is 36.3 Å². The zero-order chi connectivity index (χ0) is 18.2. The molecule has 2 aromatic carbocycles. The van der Waals surface area contributed by atoms with Crippen molar-refractivity contribution in [3.63, 3.8) is 0 Å². The Morgan fingerprint density at radius 1 is 1.12 bits per heavy atom. The highest BCUT2D eigenvalue weighted by atomic mass is 16.1. The van der Waals surface area contributed by atoms with Crippen molar-refractivity contribution < 1.29 is 4.79 Å². The first kappa shape index (κ1) is 19.2. The average molecular weight is 339 g/mol. The molecule has 0 aliphatic rings. The van der Waals surface area contributed by atoms with E-state index in [1.807, 2.05) is 49.4 Å². The number of rotatable bonds is 8. The highest BCUT2D eigenvalue weighted by Crippen LogP contribution is 2.19. The molecule has 4 nitrogen and oxygen atoms in total. The number of carbonyl (C=O) groups excluding carboxylic acids is 1. The molecule has 0 saturated carbocycles. The first-order chi connectivity index (χ1) is 12.0. The average Bonchev–Trinajstić information content (AvgIpc) is 2.65. The molecule has 0 spiro atoms. The molecule has 3 N–H and O–H groups in total. The quantitative estimate of drug-likeness (QED) is 0.777. The molecule has 2 rings (SSSR count). The van der Waals surface area contributed by atoms with Crippen molar-refractivity contribution in [3.8, 4) is 0 Å². The maximum Gasteiger partial charge on any atom is 0.225 e. The molecule has 0 bridgehead atoms. The SMILES string of the molecule is CCN(C)Cc1cccc(CNC(=O)C(C)C(N)c2ccccc2)c1. The van der Waals surface area contributed by atoms with Gasteiger partial charge < -0.3 is 16.0 Å². The van der Waals surface area contributed by atoms with E-state index in [-0.39, 0.29) is 17.9 Å². The maximum atomic E-state index is 12.4. The van der Waals surface area contributed by atoms with Crippen LogP contribution in [0, 0.1) is 5.92 Å². The molecule has 0 aliphatic carbocycles. The molecule has 0 saturated heterocycles. The Balaban J connectivity index is 1.92. The largest absolute Gasteiger partial charge is 0.352 e. The van der Waals surface area contributed by atoms with Gasteiger partial charge >= 0.3 is 0 Å². The van der Waals surface area contributed by atoms with Crippen molar-refractivity contribution in [2.24, 2.45) is 11.7 Å². The zero-order valence-electron chi connectivity index (χ0n) is 15.4. The fraction of sp³-hybridized carbons (Fsp3) is 0.381. The predicted octanol–water partition coefficient (Wildman–Crippen LogP) is 3.09. The number of carbonyl (C=O) groups is 1. The van der Waals surface area contributed by atoms with Crippen LogP contribution < -0.4 is 11.1 Å². The van der Waals surface area contributed by atoms with E-state index in [9.17, 15) is 4.79 Å². The molecule has 0 aliphatic heterocycles. The molecule has 1 amide bonds. The molecule has 4 heteroatoms. The van der Waals surface area contributed by atoms with Crippen LogP contribution >= 0.6 is 0 Å². The molecule has 134 valence electrons. The molecule has 2 aromatic rings. The molecule has 25 heavy (non-hydrogen) atoms. The second kappa shape index (κ2) is 9.35. The minimum atomic E-state index is -0.300. The highest BCUT2D eigenvalue weighted by molar-refractivity contribution is 5.79. The van der Waals surface area contributed by atoms with Crippen molar-refractivity contribution >= 4 is 5.91 Å². The monoisotopic (exact) mass is 339 g/mol. The van der Waals surface area contributed by atoms with E-state index in [4.69, 9.17) is 5.73 Å². The van der Waals surface area contributed by atoms with E-state index in [1.165, 1.54) is 5.56 Å². The third kappa shape index (κ3) is 5.69. The van der Waals surface area contributed by atoms with Crippen LogP contribution in [0.4, 0.5) is 0 Å². The van der Waals surface area contributed by atoms with Crippen molar-refractivity contribution in [1.29, 1.82) is 0 Å². The van der Waals surface area contributed by atoms with Crippen LogP contribution in [0.2, 0.25) is 0 Å². The fourth-order valence-electron chi connectivity index (χ4n) is 2.74. The topological polar surface area (TPSA) is 58.4 Å². The smallest absolute Gasteiger partial charge is 0.225 e. The lowest BCUT2D eigenvalue weighted by Gasteiger charge is -2.20. The summed E-state index contributed by atoms with van der Waals surface area (Å²) in [4.78, 5) is 14.7. The number of benzene rings is 2. The number of nitrogens with zero attached hydrogens (tertiary/aromatic N) is 1. The molecule has 0 fully saturated rings. The van der Waals surface area contributed by atoms with Crippen molar-refractivity contribution in [2.75, 3.05) is 13.6 Å². The minimum Gasteiger partial charge on any atom is -0.352 e. The van der Waals surface area contributed by atoms with Crippen LogP contribution in [-0.4, -0.2) is 24.4 Å². The van der Waals surface area contributed by atoms with Gasteiger partial charge in [0, 0.05) is 19.1 Å². The minimum absolute atomic E-state index is 0.0209. The highest BCUT2D eigenvalue weighted by Gasteiger charge is 2.21. The van der Waals surface area contributed by atoms with E-state index in [0.29, 0.717) is 6.54 Å². The lowest BCUT2D eigenvalue weighted by Crippen LogP contribution is -2.35. The van der Waals surface area contributed by atoms with Crippen LogP contribution in [0.3, 0.4) is 0 Å². The summed E-state index contributed by atoms with van der Waals surface area (Å²) in [7, 11) is 2.10. The van der Waals surface area contributed by atoms with E-state index < -0.39 is 0 Å². The Labute approximate surface area is 151 Å². The Bertz CT molecular complexity index is 672. The summed E-state index contributed by atoms with van der Waals surface area (Å²) in [6.45, 7) is 6.46. The maximum absolute atomic E-state index is 12.4. The first-order valence-corrected chi connectivity index (χ1v) is 8.85. The Hall–Kier alpha value is -2.17. The van der Waals surface area contributed by atoms with E-state index >= 15 is 0 Å². The van der Waals surface area contributed by atoms with Gasteiger partial charge in [-0.1, -0.05) is 68.4 Å². The molecular weight excluding hydrogens is 310 g/mol. The summed E-state index contributed by atoms with van der Waals surface area (Å²) in [5.41, 5.74) is 9.58. The third-order valence-corrected chi connectivity index (χ3v) is 4.59. The Kier molecular flexibility index (Phi) is 7.16. The third-order valence-electron chi connectivity index (χ3n) is 4.59. The van der Waals surface area contributed by atoms with Gasteiger partial charge in [0.05, 0.1) is 5.92 Å². The number of nitrogens with two attached hydrogens (primary N) is 1. The lowest BCUT2D eigenvalue weighted by atomic mass is 9.94. The van der Waals surface area contributed by atoms with Gasteiger partial charge in [0.2, 0.25) is 5.91 Å². The Morgan fingerprint density at radius 2 is 1.80 bits per heavy atom. The van der Waals surface area contributed by atoms with Gasteiger partial charge in [0.1, 0.15) is 0 Å². The van der Waals surface area contributed by atoms with E-state index in [0.717, 1.165) is 24.2 Å². The second-order valence-electron chi connectivity index (χ2n) is 6.59. The van der Waals surface area contributed by atoms with Gasteiger partial charge in [-0.15, -0.1) is 0 Å². The van der Waals surface area contributed by atoms with Crippen LogP contribution in [0.25, 0.3) is 0 Å². The summed E-state index contributed by atoms with van der Waals surface area (Å²) < 4.78 is 0. The molecule has 2 unspecified atom stereocenters. The zero-order valence-corrected chi connectivity index (χ0v) is 15.4. The normalized spacial score (nSPS) is 13.5. The number of hydrogen-bond acceptors (Lipinski definition) is 3. The summed E-state index contributed by atoms with van der Waals surface area (Å²) >= 11 is 0. The summed E-state index contributed by atoms with van der Waals surface area (Å²) in [6, 6.07) is 17.8. The standard InChI is InChI=1S/C21H29N3O/c1-4-24(3)15-18-10-8-9-17(13-18)14-23-21(25)16(2)20(22)19-11-6-5-7-12-19/h5-13,16,20H,4,14-15,22H2,1-3H3,(H,23,25). The van der Waals surface area contributed by atoms with Crippen LogP contribution in [0.15, 0.2) is 54.6 Å². The Morgan fingerprint density at radius 3 is 2.48 bits per heavy atom. The van der Waals surface area contributed by atoms with Crippen molar-refractivity contribution in [2.45, 2.75) is 33.0 Å². The molecule has 0 aromatic heterocycles. The van der Waals surface area contributed by atoms with Crippen LogP contribution in [0.5, 0.6) is 0 Å². The summed E-state index contributed by atoms with van der Waals surface area (Å²) in [5.74, 6) is -0.302. The second-order valence-corrected chi connectivity index (χ2v) is 6.59. The number of amides is 1. The summed E-state index contributed by atoms with van der Waals surface area (Å²) in [6.07, 6.45) is 0. The van der Waals surface area contributed by atoms with Gasteiger partial charge in [-0.2, -0.15) is 0 Å². The van der Waals surface area contributed by atoms with Gasteiger partial charge in [0.15, 0.2) is 0 Å². The van der Waals surface area contributed by atoms with Gasteiger partial charge in [-0.3, -0.25) is 4.79 Å². The van der Waals surface area contributed by atoms with Crippen LogP contribution in [0.1, 0.15) is 36.6 Å². The molecule has 0 radical (unpaired) electrons. The molecule has 0 heterocycles. The van der Waals surface area contributed by atoms with Crippen LogP contribution in [-0.2, 0) is 17.9 Å². The predicted molar refractivity (Wildman–Crippen MR) is 103 cm³/mol. The van der Waals surface area contributed by atoms with Gasteiger partial charge in [-0.25, -0.2) is 0 Å².